The lowest BCUT2D eigenvalue weighted by Crippen LogP contribution is -2.57. The Kier molecular flexibility index (Phi) is 7.45. The second-order valence-electron chi connectivity index (χ2n) is 7.26. The molecule has 1 atom stereocenters. The van der Waals surface area contributed by atoms with Gasteiger partial charge in [-0.1, -0.05) is 36.4 Å². The van der Waals surface area contributed by atoms with Crippen LogP contribution in [0.25, 0.3) is 10.8 Å². The molecule has 1 aliphatic rings. The van der Waals surface area contributed by atoms with Crippen molar-refractivity contribution in [3.8, 4) is 0 Å². The number of carbonyl (C=O) groups is 4. The van der Waals surface area contributed by atoms with Crippen molar-refractivity contribution in [1.82, 2.24) is 20.7 Å². The van der Waals surface area contributed by atoms with Crippen molar-refractivity contribution in [2.75, 3.05) is 38.2 Å². The van der Waals surface area contributed by atoms with Crippen LogP contribution in [0.2, 0.25) is 0 Å². The molecule has 2 aromatic carbocycles. The van der Waals surface area contributed by atoms with Crippen LogP contribution in [0, 0.1) is 0 Å². The lowest BCUT2D eigenvalue weighted by molar-refractivity contribution is -0.127. The van der Waals surface area contributed by atoms with E-state index in [0.717, 1.165) is 15.8 Å². The average Bonchev–Trinajstić information content (AvgIpc) is 2.79. The number of hydrazine groups is 1. The zero-order valence-electron chi connectivity index (χ0n) is 17.7. The van der Waals surface area contributed by atoms with E-state index in [0.29, 0.717) is 32.0 Å². The van der Waals surface area contributed by atoms with Crippen LogP contribution >= 0.6 is 0 Å². The Morgan fingerprint density at radius 3 is 2.50 bits per heavy atom. The number of anilines is 1. The molecule has 1 aliphatic heterocycles. The van der Waals surface area contributed by atoms with Gasteiger partial charge in [0.15, 0.2) is 0 Å². The Morgan fingerprint density at radius 2 is 1.78 bits per heavy atom. The SMILES string of the molecule is C[C@H](NC(=O)N1CCOCC1)C(=O)NN(CC(N)=O)C(=O)Nc1cccc2ccccc12. The van der Waals surface area contributed by atoms with Gasteiger partial charge in [-0.25, -0.2) is 14.6 Å². The first-order valence-corrected chi connectivity index (χ1v) is 10.1. The van der Waals surface area contributed by atoms with Crippen molar-refractivity contribution in [2.24, 2.45) is 5.73 Å². The second kappa shape index (κ2) is 10.4. The maximum absolute atomic E-state index is 12.8. The number of urea groups is 2. The molecule has 1 heterocycles. The number of carbonyl (C=O) groups excluding carboxylic acids is 4. The fraction of sp³-hybridized carbons (Fsp3) is 0.333. The van der Waals surface area contributed by atoms with E-state index in [1.807, 2.05) is 30.3 Å². The van der Waals surface area contributed by atoms with Crippen molar-refractivity contribution in [3.05, 3.63) is 42.5 Å². The maximum atomic E-state index is 12.8. The van der Waals surface area contributed by atoms with Crippen molar-refractivity contribution in [3.63, 3.8) is 0 Å². The van der Waals surface area contributed by atoms with E-state index in [2.05, 4.69) is 16.1 Å². The zero-order chi connectivity index (χ0) is 23.1. The molecule has 0 saturated carbocycles. The number of rotatable bonds is 5. The third-order valence-corrected chi connectivity index (χ3v) is 4.87. The minimum atomic E-state index is -0.967. The number of primary amides is 1. The number of hydrogen-bond acceptors (Lipinski definition) is 5. The fourth-order valence-electron chi connectivity index (χ4n) is 3.17. The van der Waals surface area contributed by atoms with Gasteiger partial charge >= 0.3 is 12.1 Å². The van der Waals surface area contributed by atoms with Gasteiger partial charge in [-0.3, -0.25) is 15.0 Å². The first kappa shape index (κ1) is 22.8. The first-order chi connectivity index (χ1) is 15.3. The molecule has 0 radical (unpaired) electrons. The minimum absolute atomic E-state index is 0.418. The molecule has 1 fully saturated rings. The van der Waals surface area contributed by atoms with E-state index >= 15 is 0 Å². The molecule has 0 spiro atoms. The largest absolute Gasteiger partial charge is 0.378 e. The summed E-state index contributed by atoms with van der Waals surface area (Å²) in [5.41, 5.74) is 8.10. The van der Waals surface area contributed by atoms with Crippen molar-refractivity contribution in [1.29, 1.82) is 0 Å². The number of morpholine rings is 1. The first-order valence-electron chi connectivity index (χ1n) is 10.1. The lowest BCUT2D eigenvalue weighted by Gasteiger charge is -2.29. The Labute approximate surface area is 184 Å². The van der Waals surface area contributed by atoms with Gasteiger partial charge in [0.05, 0.1) is 18.9 Å². The summed E-state index contributed by atoms with van der Waals surface area (Å²) >= 11 is 0. The quantitative estimate of drug-likeness (QED) is 0.502. The molecule has 1 saturated heterocycles. The van der Waals surface area contributed by atoms with Gasteiger partial charge in [-0.2, -0.15) is 0 Å². The normalized spacial score (nSPS) is 14.3. The molecular weight excluding hydrogens is 416 g/mol. The second-order valence-corrected chi connectivity index (χ2v) is 7.26. The summed E-state index contributed by atoms with van der Waals surface area (Å²) in [4.78, 5) is 50.7. The van der Waals surface area contributed by atoms with E-state index in [9.17, 15) is 19.2 Å². The van der Waals surface area contributed by atoms with Crippen molar-refractivity contribution < 1.29 is 23.9 Å². The van der Waals surface area contributed by atoms with Crippen molar-refractivity contribution in [2.45, 2.75) is 13.0 Å². The Bertz CT molecular complexity index is 1000. The van der Waals surface area contributed by atoms with Crippen LogP contribution in [0.5, 0.6) is 0 Å². The predicted molar refractivity (Wildman–Crippen MR) is 117 cm³/mol. The molecule has 0 bridgehead atoms. The molecule has 0 aliphatic carbocycles. The molecule has 11 heteroatoms. The van der Waals surface area contributed by atoms with E-state index in [1.54, 1.807) is 12.1 Å². The molecule has 32 heavy (non-hydrogen) atoms. The highest BCUT2D eigenvalue weighted by Gasteiger charge is 2.25. The monoisotopic (exact) mass is 442 g/mol. The van der Waals surface area contributed by atoms with E-state index in [-0.39, 0.29) is 0 Å². The maximum Gasteiger partial charge on any atom is 0.341 e. The number of benzene rings is 2. The topological polar surface area (TPSA) is 146 Å². The zero-order valence-corrected chi connectivity index (χ0v) is 17.7. The van der Waals surface area contributed by atoms with E-state index < -0.39 is 36.5 Å². The van der Waals surface area contributed by atoms with Crippen LogP contribution in [0.15, 0.2) is 42.5 Å². The number of amides is 6. The summed E-state index contributed by atoms with van der Waals surface area (Å²) in [5, 5.41) is 7.73. The number of nitrogens with two attached hydrogens (primary N) is 1. The molecular formula is C21H26N6O5. The molecule has 3 rings (SSSR count). The summed E-state index contributed by atoms with van der Waals surface area (Å²) < 4.78 is 5.20. The molecule has 0 unspecified atom stereocenters. The van der Waals surface area contributed by atoms with Crippen LogP contribution in [0.4, 0.5) is 15.3 Å². The smallest absolute Gasteiger partial charge is 0.341 e. The Morgan fingerprint density at radius 1 is 1.09 bits per heavy atom. The molecule has 11 nitrogen and oxygen atoms in total. The standard InChI is InChI=1S/C21H26N6O5/c1-14(23-20(30)26-9-11-32-12-10-26)19(29)25-27(13-18(22)28)21(31)24-17-8-4-6-15-5-2-3-7-16(15)17/h2-8,14H,9-13H2,1H3,(H2,22,28)(H,23,30)(H,24,31)(H,25,29)/t14-/m0/s1. The fourth-order valence-corrected chi connectivity index (χ4v) is 3.17. The number of nitrogens with one attached hydrogen (secondary N) is 3. The third-order valence-electron chi connectivity index (χ3n) is 4.87. The van der Waals surface area contributed by atoms with Gasteiger partial charge in [0, 0.05) is 18.5 Å². The number of ether oxygens (including phenoxy) is 1. The predicted octanol–water partition coefficient (Wildman–Crippen LogP) is 0.621. The van der Waals surface area contributed by atoms with Gasteiger partial charge in [0.25, 0.3) is 5.91 Å². The van der Waals surface area contributed by atoms with Gasteiger partial charge in [-0.05, 0) is 18.4 Å². The number of hydrogen-bond donors (Lipinski definition) is 4. The van der Waals surface area contributed by atoms with Crippen LogP contribution in [0.3, 0.4) is 0 Å². The molecule has 0 aromatic heterocycles. The van der Waals surface area contributed by atoms with Gasteiger partial charge in [-0.15, -0.1) is 0 Å². The minimum Gasteiger partial charge on any atom is -0.378 e. The average molecular weight is 442 g/mol. The van der Waals surface area contributed by atoms with E-state index in [4.69, 9.17) is 10.5 Å². The van der Waals surface area contributed by atoms with Crippen molar-refractivity contribution >= 4 is 40.3 Å². The van der Waals surface area contributed by atoms with Crippen LogP contribution < -0.4 is 21.8 Å². The Balaban J connectivity index is 1.65. The number of fused-ring (bicyclic) bond motifs is 1. The summed E-state index contributed by atoms with van der Waals surface area (Å²) in [6, 6.07) is 10.7. The van der Waals surface area contributed by atoms with E-state index in [1.165, 1.54) is 11.8 Å². The van der Waals surface area contributed by atoms with Gasteiger partial charge in [0.2, 0.25) is 5.91 Å². The summed E-state index contributed by atoms with van der Waals surface area (Å²) in [6.07, 6.45) is 0. The molecule has 2 aromatic rings. The highest BCUT2D eigenvalue weighted by Crippen LogP contribution is 2.23. The number of nitrogens with zero attached hydrogens (tertiary/aromatic N) is 2. The van der Waals surface area contributed by atoms with Gasteiger partial charge < -0.3 is 26.0 Å². The summed E-state index contributed by atoms with van der Waals surface area (Å²) in [6.45, 7) is 2.61. The highest BCUT2D eigenvalue weighted by atomic mass is 16.5. The molecule has 5 N–H and O–H groups in total. The summed E-state index contributed by atoms with van der Waals surface area (Å²) in [5.74, 6) is -1.50. The molecule has 170 valence electrons. The highest BCUT2D eigenvalue weighted by molar-refractivity contribution is 6.02. The van der Waals surface area contributed by atoms with Crippen LogP contribution in [-0.4, -0.2) is 72.7 Å². The van der Waals surface area contributed by atoms with Crippen LogP contribution in [-0.2, 0) is 14.3 Å². The third kappa shape index (κ3) is 5.85. The molecule has 6 amide bonds. The van der Waals surface area contributed by atoms with Crippen LogP contribution in [0.1, 0.15) is 6.92 Å². The Hall–Kier alpha value is -3.86. The lowest BCUT2D eigenvalue weighted by atomic mass is 10.1. The summed E-state index contributed by atoms with van der Waals surface area (Å²) in [7, 11) is 0. The van der Waals surface area contributed by atoms with Gasteiger partial charge in [0.1, 0.15) is 12.6 Å².